The smallest absolute Gasteiger partial charge is 0.316 e. The minimum Gasteiger partial charge on any atom is -0.426 e. The summed E-state index contributed by atoms with van der Waals surface area (Å²) < 4.78 is 5.50. The Morgan fingerprint density at radius 1 is 0.955 bits per heavy atom. The molecule has 2 aromatic rings. The van der Waals surface area contributed by atoms with Gasteiger partial charge in [0, 0.05) is 0 Å². The van der Waals surface area contributed by atoms with Crippen molar-refractivity contribution in [2.45, 2.75) is 40.0 Å². The van der Waals surface area contributed by atoms with E-state index in [2.05, 4.69) is 19.1 Å². The van der Waals surface area contributed by atoms with E-state index in [1.165, 1.54) is 11.1 Å². The first-order valence-corrected chi connectivity index (χ1v) is 7.86. The number of hydrogen-bond acceptors (Lipinski definition) is 2. The van der Waals surface area contributed by atoms with E-state index in [0.717, 1.165) is 19.3 Å². The second kappa shape index (κ2) is 7.26. The number of ether oxygens (including phenoxy) is 1. The molecule has 0 aliphatic rings. The fraction of sp³-hybridized carbons (Fsp3) is 0.350. The minimum atomic E-state index is -0.433. The lowest BCUT2D eigenvalue weighted by Gasteiger charge is -2.21. The van der Waals surface area contributed by atoms with E-state index in [-0.39, 0.29) is 5.97 Å². The van der Waals surface area contributed by atoms with Gasteiger partial charge in [-0.05, 0) is 49.9 Å². The van der Waals surface area contributed by atoms with Gasteiger partial charge in [-0.2, -0.15) is 0 Å². The van der Waals surface area contributed by atoms with E-state index in [1.54, 1.807) is 0 Å². The molecule has 2 heteroatoms. The fourth-order valence-electron chi connectivity index (χ4n) is 2.48. The summed E-state index contributed by atoms with van der Waals surface area (Å²) in [6, 6.07) is 18.1. The van der Waals surface area contributed by atoms with Gasteiger partial charge in [-0.3, -0.25) is 4.79 Å². The van der Waals surface area contributed by atoms with E-state index >= 15 is 0 Å². The lowest BCUT2D eigenvalue weighted by molar-refractivity contribution is -0.144. The Morgan fingerprint density at radius 3 is 2.14 bits per heavy atom. The number of carbonyl (C=O) groups is 1. The van der Waals surface area contributed by atoms with Crippen LogP contribution in [0.25, 0.3) is 0 Å². The maximum atomic E-state index is 12.2. The average Bonchev–Trinajstić information content (AvgIpc) is 2.50. The molecule has 2 rings (SSSR count). The monoisotopic (exact) mass is 296 g/mol. The largest absolute Gasteiger partial charge is 0.426 e. The molecular formula is C20H24O2. The maximum Gasteiger partial charge on any atom is 0.316 e. The molecule has 2 nitrogen and oxygen atoms in total. The number of benzene rings is 2. The van der Waals surface area contributed by atoms with Crippen LogP contribution in [0.15, 0.2) is 54.6 Å². The summed E-state index contributed by atoms with van der Waals surface area (Å²) in [6.07, 6.45) is 2.69. The van der Waals surface area contributed by atoms with Crippen molar-refractivity contribution in [3.05, 3.63) is 65.7 Å². The second-order valence-electron chi connectivity index (χ2n) is 6.33. The highest BCUT2D eigenvalue weighted by Gasteiger charge is 2.28. The first-order valence-electron chi connectivity index (χ1n) is 7.86. The highest BCUT2D eigenvalue weighted by Crippen LogP contribution is 2.25. The summed E-state index contributed by atoms with van der Waals surface area (Å²) >= 11 is 0. The Balaban J connectivity index is 1.99. The van der Waals surface area contributed by atoms with E-state index in [4.69, 9.17) is 4.74 Å². The van der Waals surface area contributed by atoms with Crippen molar-refractivity contribution in [1.29, 1.82) is 0 Å². The van der Waals surface area contributed by atoms with Gasteiger partial charge in [-0.1, -0.05) is 55.8 Å². The van der Waals surface area contributed by atoms with Crippen molar-refractivity contribution < 1.29 is 9.53 Å². The van der Waals surface area contributed by atoms with Crippen molar-refractivity contribution in [2.75, 3.05) is 0 Å². The molecule has 0 amide bonds. The Bertz CT molecular complexity index is 597. The first kappa shape index (κ1) is 16.3. The Kier molecular flexibility index (Phi) is 5.37. The molecule has 0 aromatic heterocycles. The summed E-state index contributed by atoms with van der Waals surface area (Å²) in [4.78, 5) is 12.2. The highest BCUT2D eigenvalue weighted by atomic mass is 16.5. The zero-order chi connectivity index (χ0) is 16.0. The molecular weight excluding hydrogens is 272 g/mol. The zero-order valence-corrected chi connectivity index (χ0v) is 13.6. The summed E-state index contributed by atoms with van der Waals surface area (Å²) in [5, 5.41) is 0. The standard InChI is InChI=1S/C20H24O2/c1-4-14-20(2,3)19(21)22-18-12-10-17(11-13-18)15-16-8-6-5-7-9-16/h5-13H,4,14-15H2,1-3H3. The predicted octanol–water partition coefficient (Wildman–Crippen LogP) is 5.01. The topological polar surface area (TPSA) is 26.3 Å². The van der Waals surface area contributed by atoms with Gasteiger partial charge in [-0.25, -0.2) is 0 Å². The molecule has 116 valence electrons. The Morgan fingerprint density at radius 2 is 1.55 bits per heavy atom. The fourth-order valence-corrected chi connectivity index (χ4v) is 2.48. The van der Waals surface area contributed by atoms with Crippen molar-refractivity contribution in [1.82, 2.24) is 0 Å². The van der Waals surface area contributed by atoms with Crippen molar-refractivity contribution in [3.63, 3.8) is 0 Å². The molecule has 0 heterocycles. The molecule has 0 radical (unpaired) electrons. The molecule has 0 N–H and O–H groups in total. The third-order valence-corrected chi connectivity index (χ3v) is 3.81. The molecule has 0 atom stereocenters. The van der Waals surface area contributed by atoms with Crippen LogP contribution in [-0.4, -0.2) is 5.97 Å². The van der Waals surface area contributed by atoms with Crippen LogP contribution in [0.4, 0.5) is 0 Å². The van der Waals surface area contributed by atoms with Gasteiger partial charge >= 0.3 is 5.97 Å². The van der Waals surface area contributed by atoms with Crippen LogP contribution in [0.5, 0.6) is 5.75 Å². The molecule has 0 aliphatic carbocycles. The Labute approximate surface area is 133 Å². The van der Waals surface area contributed by atoms with E-state index in [9.17, 15) is 4.79 Å². The summed E-state index contributed by atoms with van der Waals surface area (Å²) in [7, 11) is 0. The molecule has 0 saturated carbocycles. The van der Waals surface area contributed by atoms with Gasteiger partial charge in [-0.15, -0.1) is 0 Å². The third-order valence-electron chi connectivity index (χ3n) is 3.81. The van der Waals surface area contributed by atoms with Crippen LogP contribution < -0.4 is 4.74 Å². The van der Waals surface area contributed by atoms with Crippen LogP contribution in [0.1, 0.15) is 44.7 Å². The van der Waals surface area contributed by atoms with Gasteiger partial charge < -0.3 is 4.74 Å². The van der Waals surface area contributed by atoms with Crippen molar-refractivity contribution in [2.24, 2.45) is 5.41 Å². The summed E-state index contributed by atoms with van der Waals surface area (Å²) in [6.45, 7) is 5.94. The van der Waals surface area contributed by atoms with Gasteiger partial charge in [0.05, 0.1) is 5.41 Å². The van der Waals surface area contributed by atoms with E-state index < -0.39 is 5.41 Å². The number of esters is 1. The second-order valence-corrected chi connectivity index (χ2v) is 6.33. The highest BCUT2D eigenvalue weighted by molar-refractivity contribution is 5.78. The molecule has 0 fully saturated rings. The Hall–Kier alpha value is -2.09. The minimum absolute atomic E-state index is 0.162. The van der Waals surface area contributed by atoms with Crippen molar-refractivity contribution >= 4 is 5.97 Å². The number of carbonyl (C=O) groups excluding carboxylic acids is 1. The number of rotatable bonds is 6. The predicted molar refractivity (Wildman–Crippen MR) is 90.0 cm³/mol. The van der Waals surface area contributed by atoms with E-state index in [0.29, 0.717) is 5.75 Å². The molecule has 22 heavy (non-hydrogen) atoms. The van der Waals surface area contributed by atoms with E-state index in [1.807, 2.05) is 56.3 Å². The first-order chi connectivity index (χ1) is 10.5. The van der Waals surface area contributed by atoms with Crippen LogP contribution >= 0.6 is 0 Å². The van der Waals surface area contributed by atoms with Gasteiger partial charge in [0.1, 0.15) is 5.75 Å². The van der Waals surface area contributed by atoms with Crippen LogP contribution in [0.2, 0.25) is 0 Å². The molecule has 0 saturated heterocycles. The van der Waals surface area contributed by atoms with Crippen molar-refractivity contribution in [3.8, 4) is 5.75 Å². The van der Waals surface area contributed by atoms with Gasteiger partial charge in [0.25, 0.3) is 0 Å². The molecule has 2 aromatic carbocycles. The molecule has 0 aliphatic heterocycles. The van der Waals surface area contributed by atoms with Gasteiger partial charge in [0.2, 0.25) is 0 Å². The van der Waals surface area contributed by atoms with Crippen LogP contribution in [-0.2, 0) is 11.2 Å². The summed E-state index contributed by atoms with van der Waals surface area (Å²) in [5.74, 6) is 0.455. The molecule has 0 bridgehead atoms. The lowest BCUT2D eigenvalue weighted by atomic mass is 9.88. The lowest BCUT2D eigenvalue weighted by Crippen LogP contribution is -2.28. The van der Waals surface area contributed by atoms with Gasteiger partial charge in [0.15, 0.2) is 0 Å². The molecule has 0 unspecified atom stereocenters. The maximum absolute atomic E-state index is 12.2. The average molecular weight is 296 g/mol. The summed E-state index contributed by atoms with van der Waals surface area (Å²) in [5.41, 5.74) is 2.05. The number of hydrogen-bond donors (Lipinski definition) is 0. The molecule has 0 spiro atoms. The SMILES string of the molecule is CCCC(C)(C)C(=O)Oc1ccc(Cc2ccccc2)cc1. The third kappa shape index (κ3) is 4.45. The zero-order valence-electron chi connectivity index (χ0n) is 13.6. The quantitative estimate of drug-likeness (QED) is 0.553. The normalized spacial score (nSPS) is 11.2. The van der Waals surface area contributed by atoms with Crippen LogP contribution in [0.3, 0.4) is 0 Å². The van der Waals surface area contributed by atoms with Crippen LogP contribution in [0, 0.1) is 5.41 Å².